The highest BCUT2D eigenvalue weighted by atomic mass is 32.2. The Bertz CT molecular complexity index is 363. The fourth-order valence-corrected chi connectivity index (χ4v) is 6.05. The lowest BCUT2D eigenvalue weighted by molar-refractivity contribution is -0.127. The molecule has 3 N–H and O–H groups in total. The Morgan fingerprint density at radius 1 is 1.24 bits per heavy atom. The summed E-state index contributed by atoms with van der Waals surface area (Å²) in [7, 11) is 0. The SMILES string of the molecule is CSCC[C@@H](N)C(=O)NC(C)C12CC3CC(CC(C3)C1)C2. The Labute approximate surface area is 133 Å². The Morgan fingerprint density at radius 2 is 1.76 bits per heavy atom. The largest absolute Gasteiger partial charge is 0.352 e. The van der Waals surface area contributed by atoms with E-state index in [0.717, 1.165) is 29.9 Å². The molecule has 0 aromatic rings. The van der Waals surface area contributed by atoms with Gasteiger partial charge in [0.2, 0.25) is 5.91 Å². The molecular formula is C17H30N2OS. The van der Waals surface area contributed by atoms with E-state index in [0.29, 0.717) is 11.5 Å². The molecule has 1 unspecified atom stereocenters. The van der Waals surface area contributed by atoms with Crippen molar-refractivity contribution in [3.8, 4) is 0 Å². The molecule has 0 radical (unpaired) electrons. The van der Waals surface area contributed by atoms with E-state index in [-0.39, 0.29) is 11.9 Å². The van der Waals surface area contributed by atoms with Crippen LogP contribution in [0.4, 0.5) is 0 Å². The van der Waals surface area contributed by atoms with Gasteiger partial charge in [0.1, 0.15) is 0 Å². The van der Waals surface area contributed by atoms with E-state index in [1.807, 2.05) is 0 Å². The Morgan fingerprint density at radius 3 is 2.24 bits per heavy atom. The molecule has 4 bridgehead atoms. The van der Waals surface area contributed by atoms with Crippen LogP contribution >= 0.6 is 11.8 Å². The number of carbonyl (C=O) groups is 1. The molecule has 4 fully saturated rings. The highest BCUT2D eigenvalue weighted by Crippen LogP contribution is 2.61. The molecule has 2 atom stereocenters. The Hall–Kier alpha value is -0.220. The number of carbonyl (C=O) groups excluding carboxylic acids is 1. The van der Waals surface area contributed by atoms with Crippen LogP contribution in [0, 0.1) is 23.2 Å². The number of rotatable bonds is 6. The lowest BCUT2D eigenvalue weighted by Gasteiger charge is -2.59. The molecule has 4 aliphatic carbocycles. The lowest BCUT2D eigenvalue weighted by Crippen LogP contribution is -2.57. The first kappa shape index (κ1) is 15.7. The smallest absolute Gasteiger partial charge is 0.237 e. The highest BCUT2D eigenvalue weighted by Gasteiger charge is 2.53. The van der Waals surface area contributed by atoms with E-state index < -0.39 is 0 Å². The van der Waals surface area contributed by atoms with Crippen LogP contribution in [0.3, 0.4) is 0 Å². The predicted molar refractivity (Wildman–Crippen MR) is 89.2 cm³/mol. The van der Waals surface area contributed by atoms with Crippen LogP contribution in [0.2, 0.25) is 0 Å². The molecule has 1 amide bonds. The zero-order valence-corrected chi connectivity index (χ0v) is 14.3. The maximum absolute atomic E-state index is 12.3. The van der Waals surface area contributed by atoms with Gasteiger partial charge < -0.3 is 11.1 Å². The predicted octanol–water partition coefficient (Wildman–Crippen LogP) is 2.79. The van der Waals surface area contributed by atoms with Crippen molar-refractivity contribution in [2.75, 3.05) is 12.0 Å². The zero-order valence-electron chi connectivity index (χ0n) is 13.4. The second-order valence-electron chi connectivity index (χ2n) is 7.90. The molecule has 0 aliphatic heterocycles. The molecule has 4 rings (SSSR count). The third kappa shape index (κ3) is 3.12. The normalized spacial score (nSPS) is 40.0. The van der Waals surface area contributed by atoms with Crippen molar-refractivity contribution in [1.29, 1.82) is 0 Å². The van der Waals surface area contributed by atoms with Crippen LogP contribution in [0.5, 0.6) is 0 Å². The van der Waals surface area contributed by atoms with Crippen molar-refractivity contribution >= 4 is 17.7 Å². The van der Waals surface area contributed by atoms with Crippen molar-refractivity contribution in [2.24, 2.45) is 28.9 Å². The van der Waals surface area contributed by atoms with E-state index in [1.54, 1.807) is 11.8 Å². The fraction of sp³-hybridized carbons (Fsp3) is 0.941. The minimum absolute atomic E-state index is 0.0623. The first-order valence-electron chi connectivity index (χ1n) is 8.57. The summed E-state index contributed by atoms with van der Waals surface area (Å²) in [6.07, 6.45) is 11.2. The topological polar surface area (TPSA) is 55.1 Å². The standard InChI is InChI=1S/C17H30N2OS/c1-11(19-16(20)15(18)3-4-21-2)17-8-12-5-13(9-17)7-14(6-12)10-17/h11-15H,3-10,18H2,1-2H3,(H,19,20)/t11?,12?,13?,14?,15-,17?/m1/s1. The fourth-order valence-electron chi connectivity index (χ4n) is 5.56. The minimum Gasteiger partial charge on any atom is -0.352 e. The van der Waals surface area contributed by atoms with Crippen molar-refractivity contribution in [2.45, 2.75) is 64.0 Å². The number of amides is 1. The van der Waals surface area contributed by atoms with Gasteiger partial charge in [-0.2, -0.15) is 11.8 Å². The van der Waals surface area contributed by atoms with Gasteiger partial charge in [0.05, 0.1) is 6.04 Å². The summed E-state index contributed by atoms with van der Waals surface area (Å²) in [5.74, 6) is 3.81. The third-order valence-electron chi connectivity index (χ3n) is 6.33. The summed E-state index contributed by atoms with van der Waals surface area (Å²) in [5, 5.41) is 3.27. The molecule has 3 nitrogen and oxygen atoms in total. The van der Waals surface area contributed by atoms with Gasteiger partial charge in [-0.05, 0) is 87.0 Å². The molecule has 0 saturated heterocycles. The third-order valence-corrected chi connectivity index (χ3v) is 6.98. The van der Waals surface area contributed by atoms with Crippen LogP contribution < -0.4 is 11.1 Å². The Kier molecular flexibility index (Phi) is 4.56. The minimum atomic E-state index is -0.339. The first-order chi connectivity index (χ1) is 10.0. The van der Waals surface area contributed by atoms with Crippen LogP contribution in [0.15, 0.2) is 0 Å². The zero-order chi connectivity index (χ0) is 15.0. The first-order valence-corrected chi connectivity index (χ1v) is 9.96. The Balaban J connectivity index is 1.60. The maximum Gasteiger partial charge on any atom is 0.237 e. The van der Waals surface area contributed by atoms with Gasteiger partial charge in [-0.15, -0.1) is 0 Å². The van der Waals surface area contributed by atoms with Gasteiger partial charge >= 0.3 is 0 Å². The molecule has 21 heavy (non-hydrogen) atoms. The molecule has 120 valence electrons. The van der Waals surface area contributed by atoms with Gasteiger partial charge in [-0.25, -0.2) is 0 Å². The van der Waals surface area contributed by atoms with E-state index in [4.69, 9.17) is 5.73 Å². The van der Waals surface area contributed by atoms with Gasteiger partial charge in [0.25, 0.3) is 0 Å². The molecule has 4 aliphatic rings. The molecule has 0 spiro atoms. The van der Waals surface area contributed by atoms with Crippen molar-refractivity contribution < 1.29 is 4.79 Å². The molecule has 4 heteroatoms. The van der Waals surface area contributed by atoms with E-state index in [2.05, 4.69) is 18.5 Å². The lowest BCUT2D eigenvalue weighted by atomic mass is 9.48. The van der Waals surface area contributed by atoms with Crippen LogP contribution in [0.25, 0.3) is 0 Å². The summed E-state index contributed by atoms with van der Waals surface area (Å²) in [4.78, 5) is 12.3. The molecule has 0 aromatic carbocycles. The van der Waals surface area contributed by atoms with E-state index >= 15 is 0 Å². The van der Waals surface area contributed by atoms with Crippen LogP contribution in [-0.2, 0) is 4.79 Å². The maximum atomic E-state index is 12.3. The summed E-state index contributed by atoms with van der Waals surface area (Å²) < 4.78 is 0. The number of thioether (sulfide) groups is 1. The van der Waals surface area contributed by atoms with E-state index in [9.17, 15) is 4.79 Å². The second-order valence-corrected chi connectivity index (χ2v) is 8.88. The number of nitrogens with two attached hydrogens (primary N) is 1. The monoisotopic (exact) mass is 310 g/mol. The summed E-state index contributed by atoms with van der Waals surface area (Å²) >= 11 is 1.75. The van der Waals surface area contributed by atoms with Gasteiger partial charge in [-0.3, -0.25) is 4.79 Å². The number of hydrogen-bond donors (Lipinski definition) is 2. The molecular weight excluding hydrogens is 280 g/mol. The average Bonchev–Trinajstić information content (AvgIpc) is 2.43. The van der Waals surface area contributed by atoms with Crippen LogP contribution in [-0.4, -0.2) is 30.0 Å². The molecule has 0 aromatic heterocycles. The van der Waals surface area contributed by atoms with Crippen molar-refractivity contribution in [3.63, 3.8) is 0 Å². The summed E-state index contributed by atoms with van der Waals surface area (Å²) in [5.41, 5.74) is 6.40. The van der Waals surface area contributed by atoms with Crippen molar-refractivity contribution in [1.82, 2.24) is 5.32 Å². The summed E-state index contributed by atoms with van der Waals surface area (Å²) in [6.45, 7) is 2.23. The number of nitrogens with one attached hydrogen (secondary N) is 1. The summed E-state index contributed by atoms with van der Waals surface area (Å²) in [6, 6.07) is -0.0486. The van der Waals surface area contributed by atoms with Gasteiger partial charge in [0, 0.05) is 6.04 Å². The van der Waals surface area contributed by atoms with Gasteiger partial charge in [-0.1, -0.05) is 0 Å². The van der Waals surface area contributed by atoms with Gasteiger partial charge in [0.15, 0.2) is 0 Å². The van der Waals surface area contributed by atoms with Crippen molar-refractivity contribution in [3.05, 3.63) is 0 Å². The molecule has 0 heterocycles. The highest BCUT2D eigenvalue weighted by molar-refractivity contribution is 7.98. The van der Waals surface area contributed by atoms with Crippen LogP contribution in [0.1, 0.15) is 51.9 Å². The average molecular weight is 311 g/mol. The number of hydrogen-bond acceptors (Lipinski definition) is 3. The second kappa shape index (κ2) is 6.11. The molecule has 4 saturated carbocycles. The quantitative estimate of drug-likeness (QED) is 0.793. The van der Waals surface area contributed by atoms with E-state index in [1.165, 1.54) is 38.5 Å².